The Morgan fingerprint density at radius 1 is 0.724 bits per heavy atom. The maximum atomic E-state index is 8.88. The highest BCUT2D eigenvalue weighted by atomic mass is 16.3. The fourth-order valence-corrected chi connectivity index (χ4v) is 2.37. The second-order valence-electron chi connectivity index (χ2n) is 6.67. The molecule has 0 radical (unpaired) electrons. The molecule has 0 heterocycles. The Morgan fingerprint density at radius 3 is 1.62 bits per heavy atom. The van der Waals surface area contributed by atoms with Crippen molar-refractivity contribution in [2.45, 2.75) is 19.3 Å². The molecule has 11 heteroatoms. The topological polar surface area (TPSA) is 195 Å². The molecule has 0 saturated carbocycles. The number of aliphatic hydroxyl groups is 3. The Balaban J connectivity index is 4.91. The van der Waals surface area contributed by atoms with Gasteiger partial charge in [0.1, 0.15) is 0 Å². The van der Waals surface area contributed by atoms with Crippen LogP contribution in [0, 0.1) is 0 Å². The first-order valence-corrected chi connectivity index (χ1v) is 9.81. The third-order valence-electron chi connectivity index (χ3n) is 3.66. The lowest BCUT2D eigenvalue weighted by atomic mass is 10.3. The Labute approximate surface area is 173 Å². The first-order chi connectivity index (χ1) is 13.9. The minimum Gasteiger partial charge on any atom is -0.400 e. The summed E-state index contributed by atoms with van der Waals surface area (Å²) in [6, 6.07) is 0. The van der Waals surface area contributed by atoms with Gasteiger partial charge >= 0.3 is 0 Å². The van der Waals surface area contributed by atoms with Crippen molar-refractivity contribution in [3.8, 4) is 0 Å². The van der Waals surface area contributed by atoms with Crippen LogP contribution in [0.3, 0.4) is 0 Å². The molecule has 0 fully saturated rings. The standard InChI is InChI=1S/C18H40N8O3/c19-16(10-23-4-1-7-27)12-25(13-17(20)11-24-5-2-8-28)14-18(21)15-26(22)6-3-9-29/h10-11,15,23-24,27-29H,1-9,12-14,19-22H2/b16-10-,17-11-,18-15-. The summed E-state index contributed by atoms with van der Waals surface area (Å²) in [7, 11) is 0. The molecule has 29 heavy (non-hydrogen) atoms. The van der Waals surface area contributed by atoms with E-state index in [1.807, 2.05) is 4.90 Å². The highest BCUT2D eigenvalue weighted by Gasteiger charge is 2.10. The molecular weight excluding hydrogens is 376 g/mol. The summed E-state index contributed by atoms with van der Waals surface area (Å²) >= 11 is 0. The average molecular weight is 417 g/mol. The van der Waals surface area contributed by atoms with Crippen LogP contribution in [0.2, 0.25) is 0 Å². The molecule has 13 N–H and O–H groups in total. The van der Waals surface area contributed by atoms with Gasteiger partial charge in [-0.3, -0.25) is 4.90 Å². The summed E-state index contributed by atoms with van der Waals surface area (Å²) in [6.07, 6.45) is 6.86. The normalized spacial score (nSPS) is 13.1. The molecule has 170 valence electrons. The monoisotopic (exact) mass is 416 g/mol. The Bertz CT molecular complexity index is 471. The smallest absolute Gasteiger partial charge is 0.0448 e. The third kappa shape index (κ3) is 16.5. The number of hydrogen-bond acceptors (Lipinski definition) is 11. The van der Waals surface area contributed by atoms with Crippen molar-refractivity contribution < 1.29 is 15.3 Å². The zero-order valence-electron chi connectivity index (χ0n) is 17.3. The molecule has 0 rings (SSSR count). The maximum Gasteiger partial charge on any atom is 0.0448 e. The van der Waals surface area contributed by atoms with E-state index in [-0.39, 0.29) is 19.8 Å². The van der Waals surface area contributed by atoms with Gasteiger partial charge in [0, 0.05) is 94.8 Å². The van der Waals surface area contributed by atoms with Crippen LogP contribution in [0.25, 0.3) is 0 Å². The summed E-state index contributed by atoms with van der Waals surface area (Å²) in [5.74, 6) is 5.84. The van der Waals surface area contributed by atoms with Gasteiger partial charge in [0.05, 0.1) is 0 Å². The lowest BCUT2D eigenvalue weighted by Crippen LogP contribution is -2.37. The van der Waals surface area contributed by atoms with Crippen molar-refractivity contribution in [1.82, 2.24) is 20.5 Å². The Kier molecular flexibility index (Phi) is 16.5. The Morgan fingerprint density at radius 2 is 1.17 bits per heavy atom. The van der Waals surface area contributed by atoms with Crippen molar-refractivity contribution >= 4 is 0 Å². The maximum absolute atomic E-state index is 8.88. The van der Waals surface area contributed by atoms with E-state index in [0.29, 0.717) is 75.6 Å². The number of nitrogens with zero attached hydrogens (tertiary/aromatic N) is 2. The zero-order chi connectivity index (χ0) is 21.9. The van der Waals surface area contributed by atoms with E-state index < -0.39 is 0 Å². The molecule has 0 saturated heterocycles. The highest BCUT2D eigenvalue weighted by Crippen LogP contribution is 2.01. The predicted molar refractivity (Wildman–Crippen MR) is 115 cm³/mol. The molecule has 11 nitrogen and oxygen atoms in total. The van der Waals surface area contributed by atoms with E-state index >= 15 is 0 Å². The number of nitrogens with two attached hydrogens (primary N) is 4. The van der Waals surface area contributed by atoms with Crippen molar-refractivity contribution in [1.29, 1.82) is 0 Å². The van der Waals surface area contributed by atoms with E-state index in [4.69, 9.17) is 38.4 Å². The predicted octanol–water partition coefficient (Wildman–Crippen LogP) is -2.81. The molecular formula is C18H40N8O3. The van der Waals surface area contributed by atoms with Crippen LogP contribution in [0.4, 0.5) is 0 Å². The van der Waals surface area contributed by atoms with E-state index in [1.165, 1.54) is 5.01 Å². The van der Waals surface area contributed by atoms with Gasteiger partial charge in [-0.2, -0.15) is 0 Å². The molecule has 0 spiro atoms. The average Bonchev–Trinajstić information content (AvgIpc) is 2.66. The van der Waals surface area contributed by atoms with Gasteiger partial charge < -0.3 is 48.2 Å². The molecule has 0 unspecified atom stereocenters. The van der Waals surface area contributed by atoms with E-state index in [1.54, 1.807) is 18.6 Å². The first-order valence-electron chi connectivity index (χ1n) is 9.81. The zero-order valence-corrected chi connectivity index (χ0v) is 17.3. The van der Waals surface area contributed by atoms with E-state index in [0.717, 1.165) is 0 Å². The van der Waals surface area contributed by atoms with Crippen LogP contribution in [0.5, 0.6) is 0 Å². The number of rotatable bonds is 18. The first kappa shape index (κ1) is 26.8. The van der Waals surface area contributed by atoms with Gasteiger partial charge in [-0.25, -0.2) is 5.84 Å². The van der Waals surface area contributed by atoms with Crippen LogP contribution >= 0.6 is 0 Å². The summed E-state index contributed by atoms with van der Waals surface area (Å²) in [5, 5.41) is 34.1. The van der Waals surface area contributed by atoms with E-state index in [9.17, 15) is 0 Å². The van der Waals surface area contributed by atoms with Crippen molar-refractivity contribution in [3.05, 3.63) is 35.7 Å². The molecule has 0 atom stereocenters. The lowest BCUT2D eigenvalue weighted by Gasteiger charge is -2.24. The molecule has 0 aliphatic heterocycles. The highest BCUT2D eigenvalue weighted by molar-refractivity contribution is 5.07. The molecule has 0 aliphatic carbocycles. The van der Waals surface area contributed by atoms with Crippen LogP contribution in [-0.2, 0) is 0 Å². The summed E-state index contributed by atoms with van der Waals surface area (Å²) < 4.78 is 0. The summed E-state index contributed by atoms with van der Waals surface area (Å²) in [4.78, 5) is 1.96. The third-order valence-corrected chi connectivity index (χ3v) is 3.66. The van der Waals surface area contributed by atoms with Crippen LogP contribution in [-0.4, -0.2) is 84.3 Å². The van der Waals surface area contributed by atoms with Gasteiger partial charge in [0.25, 0.3) is 0 Å². The van der Waals surface area contributed by atoms with Crippen molar-refractivity contribution in [2.75, 3.05) is 59.1 Å². The molecule has 0 amide bonds. The van der Waals surface area contributed by atoms with Crippen molar-refractivity contribution in [3.63, 3.8) is 0 Å². The fraction of sp³-hybridized carbons (Fsp3) is 0.667. The van der Waals surface area contributed by atoms with Gasteiger partial charge in [-0.15, -0.1) is 0 Å². The minimum absolute atomic E-state index is 0.0583. The number of nitrogens with one attached hydrogen (secondary N) is 2. The van der Waals surface area contributed by atoms with Crippen LogP contribution in [0.1, 0.15) is 19.3 Å². The van der Waals surface area contributed by atoms with Crippen LogP contribution < -0.4 is 33.7 Å². The lowest BCUT2D eigenvalue weighted by molar-refractivity contribution is 0.259. The molecule has 0 aromatic rings. The second kappa shape index (κ2) is 17.9. The number of hydrazine groups is 1. The molecule has 0 aromatic carbocycles. The quantitative estimate of drug-likeness (QED) is 0.0635. The number of aliphatic hydroxyl groups excluding tert-OH is 3. The minimum atomic E-state index is 0.0583. The van der Waals surface area contributed by atoms with Gasteiger partial charge in [0.15, 0.2) is 0 Å². The van der Waals surface area contributed by atoms with E-state index in [2.05, 4.69) is 10.6 Å². The summed E-state index contributed by atoms with van der Waals surface area (Å²) in [6.45, 7) is 3.28. The largest absolute Gasteiger partial charge is 0.400 e. The van der Waals surface area contributed by atoms with Gasteiger partial charge in [0.2, 0.25) is 0 Å². The van der Waals surface area contributed by atoms with Crippen molar-refractivity contribution in [2.24, 2.45) is 23.0 Å². The number of hydrogen-bond donors (Lipinski definition) is 9. The fourth-order valence-electron chi connectivity index (χ4n) is 2.37. The van der Waals surface area contributed by atoms with Gasteiger partial charge in [-0.1, -0.05) is 0 Å². The summed E-state index contributed by atoms with van der Waals surface area (Å²) in [5.41, 5.74) is 20.0. The van der Waals surface area contributed by atoms with Crippen LogP contribution in [0.15, 0.2) is 35.7 Å². The SMILES string of the molecule is N/C(=C\NCCCO)CN(C/C(N)=C/NCCCO)C/C(N)=C/N(N)CCCO. The van der Waals surface area contributed by atoms with Gasteiger partial charge in [-0.05, 0) is 19.3 Å². The molecule has 0 aromatic heterocycles. The molecule has 0 aliphatic rings. The Hall–Kier alpha value is -2.18. The second-order valence-corrected chi connectivity index (χ2v) is 6.67. The molecule has 0 bridgehead atoms.